The average Bonchev–Trinajstić information content (AvgIpc) is 2.68. The smallest absolute Gasteiger partial charge is 0.0547 e. The molecule has 1 N–H and O–H groups in total. The average molecular weight is 390 g/mol. The fourth-order valence-corrected chi connectivity index (χ4v) is 3.51. The van der Waals surface area contributed by atoms with E-state index in [1.807, 2.05) is 6.07 Å². The highest BCUT2D eigenvalue weighted by Crippen LogP contribution is 2.33. The lowest BCUT2D eigenvalue weighted by Gasteiger charge is -2.23. The van der Waals surface area contributed by atoms with E-state index in [1.54, 1.807) is 5.57 Å². The lowest BCUT2D eigenvalue weighted by atomic mass is 9.95. The van der Waals surface area contributed by atoms with Crippen molar-refractivity contribution in [3.8, 4) is 0 Å². The first-order chi connectivity index (χ1) is 9.22. The van der Waals surface area contributed by atoms with Crippen LogP contribution in [-0.4, -0.2) is 6.54 Å². The SMILES string of the molecule is CCNC(C1=CCCCCC1)c1cc(Cl)ccc1I. The molecule has 1 atom stereocenters. The van der Waals surface area contributed by atoms with Crippen molar-refractivity contribution in [1.82, 2.24) is 5.32 Å². The van der Waals surface area contributed by atoms with Gasteiger partial charge in [-0.15, -0.1) is 0 Å². The minimum Gasteiger partial charge on any atom is -0.307 e. The monoisotopic (exact) mass is 389 g/mol. The van der Waals surface area contributed by atoms with E-state index in [2.05, 4.69) is 53.0 Å². The Balaban J connectivity index is 2.32. The van der Waals surface area contributed by atoms with Crippen LogP contribution in [0.5, 0.6) is 0 Å². The lowest BCUT2D eigenvalue weighted by Crippen LogP contribution is -2.23. The maximum atomic E-state index is 6.18. The van der Waals surface area contributed by atoms with Crippen molar-refractivity contribution in [1.29, 1.82) is 0 Å². The van der Waals surface area contributed by atoms with Gasteiger partial charge in [0.25, 0.3) is 0 Å². The Morgan fingerprint density at radius 1 is 1.32 bits per heavy atom. The van der Waals surface area contributed by atoms with E-state index in [-0.39, 0.29) is 0 Å². The van der Waals surface area contributed by atoms with Gasteiger partial charge in [-0.2, -0.15) is 0 Å². The first kappa shape index (κ1) is 15.3. The number of halogens is 2. The van der Waals surface area contributed by atoms with Gasteiger partial charge >= 0.3 is 0 Å². The summed E-state index contributed by atoms with van der Waals surface area (Å²) in [5.74, 6) is 0. The molecule has 1 aromatic carbocycles. The van der Waals surface area contributed by atoms with Crippen molar-refractivity contribution in [3.63, 3.8) is 0 Å². The molecule has 0 spiro atoms. The molecule has 0 heterocycles. The molecule has 1 aliphatic rings. The Hall–Kier alpha value is -0.0600. The van der Waals surface area contributed by atoms with E-state index < -0.39 is 0 Å². The van der Waals surface area contributed by atoms with E-state index in [0.29, 0.717) is 6.04 Å². The Morgan fingerprint density at radius 3 is 2.95 bits per heavy atom. The van der Waals surface area contributed by atoms with E-state index in [4.69, 9.17) is 11.6 Å². The normalized spacial score (nSPS) is 17.7. The van der Waals surface area contributed by atoms with Crippen molar-refractivity contribution < 1.29 is 0 Å². The maximum Gasteiger partial charge on any atom is 0.0547 e. The van der Waals surface area contributed by atoms with E-state index in [9.17, 15) is 0 Å². The molecule has 1 aliphatic carbocycles. The van der Waals surface area contributed by atoms with E-state index in [1.165, 1.54) is 41.2 Å². The number of benzene rings is 1. The number of hydrogen-bond acceptors (Lipinski definition) is 1. The minimum atomic E-state index is 0.327. The summed E-state index contributed by atoms with van der Waals surface area (Å²) in [6.07, 6.45) is 8.86. The molecule has 3 heteroatoms. The molecule has 0 fully saturated rings. The standard InChI is InChI=1S/C16H21ClIN/c1-2-19-16(12-7-5-3-4-6-8-12)14-11-13(17)9-10-15(14)18/h7,9-11,16,19H,2-6,8H2,1H3. The molecule has 19 heavy (non-hydrogen) atoms. The summed E-state index contributed by atoms with van der Waals surface area (Å²) in [6, 6.07) is 6.52. The summed E-state index contributed by atoms with van der Waals surface area (Å²) in [4.78, 5) is 0. The van der Waals surface area contributed by atoms with Crippen molar-refractivity contribution in [2.45, 2.75) is 45.1 Å². The van der Waals surface area contributed by atoms with Crippen LogP contribution < -0.4 is 5.32 Å². The van der Waals surface area contributed by atoms with Crippen LogP contribution in [0, 0.1) is 3.57 Å². The van der Waals surface area contributed by atoms with Gasteiger partial charge in [-0.3, -0.25) is 0 Å². The molecular weight excluding hydrogens is 369 g/mol. The second-order valence-corrected chi connectivity index (χ2v) is 6.63. The summed E-state index contributed by atoms with van der Waals surface area (Å²) < 4.78 is 1.29. The highest BCUT2D eigenvalue weighted by molar-refractivity contribution is 14.1. The van der Waals surface area contributed by atoms with Gasteiger partial charge in [0.2, 0.25) is 0 Å². The summed E-state index contributed by atoms with van der Waals surface area (Å²) in [6.45, 7) is 3.15. The fourth-order valence-electron chi connectivity index (χ4n) is 2.68. The molecule has 104 valence electrons. The van der Waals surface area contributed by atoms with Gasteiger partial charge in [0.05, 0.1) is 6.04 Å². The molecule has 0 aromatic heterocycles. The molecule has 1 unspecified atom stereocenters. The minimum absolute atomic E-state index is 0.327. The van der Waals surface area contributed by atoms with Crippen LogP contribution in [0.4, 0.5) is 0 Å². The second-order valence-electron chi connectivity index (χ2n) is 5.03. The van der Waals surface area contributed by atoms with Crippen molar-refractivity contribution >= 4 is 34.2 Å². The third kappa shape index (κ3) is 4.20. The van der Waals surface area contributed by atoms with Crippen molar-refractivity contribution in [2.75, 3.05) is 6.54 Å². The van der Waals surface area contributed by atoms with Gasteiger partial charge in [0.15, 0.2) is 0 Å². The van der Waals surface area contributed by atoms with Crippen molar-refractivity contribution in [3.05, 3.63) is 44.0 Å². The highest BCUT2D eigenvalue weighted by Gasteiger charge is 2.19. The third-order valence-electron chi connectivity index (χ3n) is 3.62. The molecule has 0 aliphatic heterocycles. The molecular formula is C16H21ClIN. The first-order valence-corrected chi connectivity index (χ1v) is 8.55. The molecule has 0 radical (unpaired) electrons. The highest BCUT2D eigenvalue weighted by atomic mass is 127. The van der Waals surface area contributed by atoms with Gasteiger partial charge in [-0.1, -0.05) is 36.6 Å². The zero-order chi connectivity index (χ0) is 13.7. The van der Waals surface area contributed by atoms with Crippen molar-refractivity contribution in [2.24, 2.45) is 0 Å². The number of hydrogen-bond donors (Lipinski definition) is 1. The number of allylic oxidation sites excluding steroid dienone is 1. The number of rotatable bonds is 4. The first-order valence-electron chi connectivity index (χ1n) is 7.09. The zero-order valence-electron chi connectivity index (χ0n) is 11.4. The Bertz CT molecular complexity index is 456. The number of likely N-dealkylation sites (N-methyl/N-ethyl adjacent to an activating group) is 1. The van der Waals surface area contributed by atoms with Crippen LogP contribution in [0.2, 0.25) is 5.02 Å². The molecule has 1 aromatic rings. The summed E-state index contributed by atoms with van der Waals surface area (Å²) in [7, 11) is 0. The van der Waals surface area contributed by atoms with Crippen LogP contribution in [-0.2, 0) is 0 Å². The summed E-state index contributed by atoms with van der Waals surface area (Å²) in [5.41, 5.74) is 2.86. The Kier molecular flexibility index (Phi) is 6.17. The molecule has 0 saturated carbocycles. The third-order valence-corrected chi connectivity index (χ3v) is 4.84. The molecule has 2 rings (SSSR count). The molecule has 0 saturated heterocycles. The number of nitrogens with one attached hydrogen (secondary N) is 1. The van der Waals surface area contributed by atoms with Crippen LogP contribution in [0.15, 0.2) is 29.8 Å². The molecule has 0 amide bonds. The quantitative estimate of drug-likeness (QED) is 0.530. The van der Waals surface area contributed by atoms with Crippen LogP contribution in [0.3, 0.4) is 0 Å². The maximum absolute atomic E-state index is 6.18. The Morgan fingerprint density at radius 2 is 2.16 bits per heavy atom. The topological polar surface area (TPSA) is 12.0 Å². The lowest BCUT2D eigenvalue weighted by molar-refractivity contribution is 0.588. The molecule has 1 nitrogen and oxygen atoms in total. The van der Waals surface area contributed by atoms with Gasteiger partial charge < -0.3 is 5.32 Å². The largest absolute Gasteiger partial charge is 0.307 e. The predicted molar refractivity (Wildman–Crippen MR) is 91.8 cm³/mol. The van der Waals surface area contributed by atoms with Gasteiger partial charge in [-0.25, -0.2) is 0 Å². The zero-order valence-corrected chi connectivity index (χ0v) is 14.3. The summed E-state index contributed by atoms with van der Waals surface area (Å²) in [5, 5.41) is 4.46. The van der Waals surface area contributed by atoms with Crippen LogP contribution >= 0.6 is 34.2 Å². The van der Waals surface area contributed by atoms with Crippen LogP contribution in [0.1, 0.15) is 50.6 Å². The Labute approximate surface area is 135 Å². The van der Waals surface area contributed by atoms with E-state index >= 15 is 0 Å². The van der Waals surface area contributed by atoms with Gasteiger partial charge in [0.1, 0.15) is 0 Å². The predicted octanol–water partition coefficient (Wildman–Crippen LogP) is 5.49. The van der Waals surface area contributed by atoms with E-state index in [0.717, 1.165) is 11.6 Å². The fraction of sp³-hybridized carbons (Fsp3) is 0.500. The van der Waals surface area contributed by atoms with Crippen LogP contribution in [0.25, 0.3) is 0 Å². The van der Waals surface area contributed by atoms with Gasteiger partial charge in [0, 0.05) is 8.59 Å². The second kappa shape index (κ2) is 7.65. The molecule has 0 bridgehead atoms. The summed E-state index contributed by atoms with van der Waals surface area (Å²) >= 11 is 8.59. The van der Waals surface area contributed by atoms with Gasteiger partial charge in [-0.05, 0) is 78.6 Å².